The van der Waals surface area contributed by atoms with E-state index in [0.717, 1.165) is 52.1 Å². The highest BCUT2D eigenvalue weighted by atomic mass is 16.2. The van der Waals surface area contributed by atoms with Crippen molar-refractivity contribution in [1.29, 1.82) is 0 Å². The van der Waals surface area contributed by atoms with E-state index in [-0.39, 0.29) is 5.92 Å². The van der Waals surface area contributed by atoms with Gasteiger partial charge in [-0.15, -0.1) is 0 Å². The molecule has 0 radical (unpaired) electrons. The van der Waals surface area contributed by atoms with Crippen LogP contribution in [0.4, 0.5) is 5.69 Å². The number of hydrogen-bond donors (Lipinski definition) is 0. The molecule has 4 nitrogen and oxygen atoms in total. The first kappa shape index (κ1) is 17.8. The number of carbonyl (C=O) groups is 1. The maximum absolute atomic E-state index is 12.6. The third-order valence-electron chi connectivity index (χ3n) is 4.78. The summed E-state index contributed by atoms with van der Waals surface area (Å²) in [5.74, 6) is 0.639. The molecule has 2 fully saturated rings. The quantitative estimate of drug-likeness (QED) is 0.839. The molecule has 0 aromatic heterocycles. The lowest BCUT2D eigenvalue weighted by atomic mass is 9.95. The van der Waals surface area contributed by atoms with Crippen LogP contribution in [-0.2, 0) is 4.79 Å². The van der Waals surface area contributed by atoms with Gasteiger partial charge in [0.15, 0.2) is 0 Å². The van der Waals surface area contributed by atoms with Crippen LogP contribution in [0.3, 0.4) is 0 Å². The van der Waals surface area contributed by atoms with Gasteiger partial charge in [-0.05, 0) is 45.1 Å². The highest BCUT2D eigenvalue weighted by Crippen LogP contribution is 2.21. The largest absolute Gasteiger partial charge is 0.368 e. The SMILES string of the molecule is CC.CN1CCC(C(=O)N2CCN(c3ccccc3)CC2)CC1. The van der Waals surface area contributed by atoms with Gasteiger partial charge >= 0.3 is 0 Å². The van der Waals surface area contributed by atoms with Gasteiger partial charge in [0, 0.05) is 37.8 Å². The third-order valence-corrected chi connectivity index (χ3v) is 4.78. The summed E-state index contributed by atoms with van der Waals surface area (Å²) in [6.45, 7) is 9.73. The van der Waals surface area contributed by atoms with Crippen molar-refractivity contribution < 1.29 is 4.79 Å². The summed E-state index contributed by atoms with van der Waals surface area (Å²) in [6.07, 6.45) is 2.04. The van der Waals surface area contributed by atoms with E-state index < -0.39 is 0 Å². The molecule has 0 aliphatic carbocycles. The van der Waals surface area contributed by atoms with Crippen LogP contribution in [0.1, 0.15) is 26.7 Å². The van der Waals surface area contributed by atoms with Crippen molar-refractivity contribution in [3.05, 3.63) is 30.3 Å². The van der Waals surface area contributed by atoms with Crippen molar-refractivity contribution in [2.45, 2.75) is 26.7 Å². The zero-order valence-corrected chi connectivity index (χ0v) is 14.9. The molecule has 4 heteroatoms. The fourth-order valence-electron chi connectivity index (χ4n) is 3.34. The Morgan fingerprint density at radius 2 is 1.48 bits per heavy atom. The lowest BCUT2D eigenvalue weighted by molar-refractivity contribution is -0.137. The van der Waals surface area contributed by atoms with Gasteiger partial charge < -0.3 is 14.7 Å². The van der Waals surface area contributed by atoms with Crippen molar-refractivity contribution in [1.82, 2.24) is 9.80 Å². The summed E-state index contributed by atoms with van der Waals surface area (Å²) in [5.41, 5.74) is 1.27. The average Bonchev–Trinajstić information content (AvgIpc) is 2.64. The van der Waals surface area contributed by atoms with Crippen molar-refractivity contribution in [2.24, 2.45) is 5.92 Å². The summed E-state index contributed by atoms with van der Waals surface area (Å²) in [6, 6.07) is 10.5. The van der Waals surface area contributed by atoms with Gasteiger partial charge in [0.25, 0.3) is 0 Å². The number of rotatable bonds is 2. The number of likely N-dealkylation sites (tertiary alicyclic amines) is 1. The lowest BCUT2D eigenvalue weighted by Gasteiger charge is -2.39. The fourth-order valence-corrected chi connectivity index (χ4v) is 3.34. The second-order valence-corrected chi connectivity index (χ2v) is 6.23. The number of piperazine rings is 1. The summed E-state index contributed by atoms with van der Waals surface area (Å²) < 4.78 is 0. The number of para-hydroxylation sites is 1. The molecule has 1 aromatic carbocycles. The zero-order valence-electron chi connectivity index (χ0n) is 14.9. The number of carbonyl (C=O) groups excluding carboxylic acids is 1. The zero-order chi connectivity index (χ0) is 16.7. The topological polar surface area (TPSA) is 26.8 Å². The molecule has 0 unspecified atom stereocenters. The maximum Gasteiger partial charge on any atom is 0.225 e. The van der Waals surface area contributed by atoms with E-state index >= 15 is 0 Å². The minimum atomic E-state index is 0.254. The first-order valence-electron chi connectivity index (χ1n) is 9.01. The second-order valence-electron chi connectivity index (χ2n) is 6.23. The predicted octanol–water partition coefficient (Wildman–Crippen LogP) is 2.70. The summed E-state index contributed by atoms with van der Waals surface area (Å²) >= 11 is 0. The van der Waals surface area contributed by atoms with E-state index in [2.05, 4.69) is 46.0 Å². The van der Waals surface area contributed by atoms with Crippen LogP contribution >= 0.6 is 0 Å². The second kappa shape index (κ2) is 8.92. The molecular weight excluding hydrogens is 286 g/mol. The Morgan fingerprint density at radius 3 is 2.04 bits per heavy atom. The van der Waals surface area contributed by atoms with Crippen molar-refractivity contribution in [2.75, 3.05) is 51.2 Å². The molecule has 0 bridgehead atoms. The Kier molecular flexibility index (Phi) is 6.90. The van der Waals surface area contributed by atoms with Crippen LogP contribution in [0.2, 0.25) is 0 Å². The standard InChI is InChI=1S/C17H25N3O.C2H6/c1-18-9-7-15(8-10-18)17(21)20-13-11-19(12-14-20)16-5-3-2-4-6-16;1-2/h2-6,15H,7-14H2,1H3;1-2H3. The molecule has 0 spiro atoms. The summed E-state index contributed by atoms with van der Waals surface area (Å²) in [5, 5.41) is 0. The van der Waals surface area contributed by atoms with E-state index in [9.17, 15) is 4.79 Å². The molecule has 3 rings (SSSR count). The van der Waals surface area contributed by atoms with Crippen molar-refractivity contribution >= 4 is 11.6 Å². The van der Waals surface area contributed by atoms with E-state index in [4.69, 9.17) is 0 Å². The molecule has 2 aliphatic heterocycles. The van der Waals surface area contributed by atoms with E-state index in [1.807, 2.05) is 19.9 Å². The number of anilines is 1. The molecule has 0 N–H and O–H groups in total. The van der Waals surface area contributed by atoms with Gasteiger partial charge in [-0.1, -0.05) is 32.0 Å². The number of hydrogen-bond acceptors (Lipinski definition) is 3. The van der Waals surface area contributed by atoms with Crippen LogP contribution in [0.15, 0.2) is 30.3 Å². The number of benzene rings is 1. The van der Waals surface area contributed by atoms with Crippen LogP contribution in [0.5, 0.6) is 0 Å². The first-order chi connectivity index (χ1) is 11.2. The summed E-state index contributed by atoms with van der Waals surface area (Å²) in [7, 11) is 2.14. The van der Waals surface area contributed by atoms with Gasteiger partial charge in [0.2, 0.25) is 5.91 Å². The predicted molar refractivity (Wildman–Crippen MR) is 96.8 cm³/mol. The number of nitrogens with zero attached hydrogens (tertiary/aromatic N) is 3. The molecule has 0 atom stereocenters. The minimum absolute atomic E-state index is 0.254. The van der Waals surface area contributed by atoms with E-state index in [0.29, 0.717) is 5.91 Å². The number of piperidine rings is 1. The van der Waals surface area contributed by atoms with Gasteiger partial charge in [0.1, 0.15) is 0 Å². The van der Waals surface area contributed by atoms with Crippen molar-refractivity contribution in [3.63, 3.8) is 0 Å². The summed E-state index contributed by atoms with van der Waals surface area (Å²) in [4.78, 5) is 19.4. The highest BCUT2D eigenvalue weighted by Gasteiger charge is 2.29. The monoisotopic (exact) mass is 317 g/mol. The molecule has 0 saturated carbocycles. The Balaban J connectivity index is 0.000000924. The Hall–Kier alpha value is -1.55. The normalized spacial score (nSPS) is 20.0. The van der Waals surface area contributed by atoms with Crippen LogP contribution in [0.25, 0.3) is 0 Å². The molecule has 2 heterocycles. The minimum Gasteiger partial charge on any atom is -0.368 e. The Bertz CT molecular complexity index is 461. The van der Waals surface area contributed by atoms with Gasteiger partial charge in [0.05, 0.1) is 0 Å². The molecule has 128 valence electrons. The van der Waals surface area contributed by atoms with Gasteiger partial charge in [-0.25, -0.2) is 0 Å². The van der Waals surface area contributed by atoms with Gasteiger partial charge in [-0.2, -0.15) is 0 Å². The lowest BCUT2D eigenvalue weighted by Crippen LogP contribution is -2.51. The fraction of sp³-hybridized carbons (Fsp3) is 0.632. The van der Waals surface area contributed by atoms with Crippen LogP contribution < -0.4 is 4.90 Å². The molecule has 2 aliphatic rings. The molecule has 2 saturated heterocycles. The van der Waals surface area contributed by atoms with E-state index in [1.54, 1.807) is 0 Å². The van der Waals surface area contributed by atoms with Crippen molar-refractivity contribution in [3.8, 4) is 0 Å². The smallest absolute Gasteiger partial charge is 0.225 e. The number of amides is 1. The van der Waals surface area contributed by atoms with Gasteiger partial charge in [-0.3, -0.25) is 4.79 Å². The third kappa shape index (κ3) is 4.71. The van der Waals surface area contributed by atoms with Crippen LogP contribution in [0, 0.1) is 5.92 Å². The first-order valence-corrected chi connectivity index (χ1v) is 9.01. The molecule has 23 heavy (non-hydrogen) atoms. The van der Waals surface area contributed by atoms with Crippen LogP contribution in [-0.4, -0.2) is 62.0 Å². The molecule has 1 aromatic rings. The highest BCUT2D eigenvalue weighted by molar-refractivity contribution is 5.79. The Labute approximate surface area is 141 Å². The average molecular weight is 317 g/mol. The molecule has 1 amide bonds. The molecular formula is C19H31N3O. The Morgan fingerprint density at radius 1 is 0.913 bits per heavy atom. The van der Waals surface area contributed by atoms with E-state index in [1.165, 1.54) is 5.69 Å². The maximum atomic E-state index is 12.6.